The van der Waals surface area contributed by atoms with Gasteiger partial charge in [-0.05, 0) is 31.2 Å². The Bertz CT molecular complexity index is 647. The second-order valence-corrected chi connectivity index (χ2v) is 5.66. The molecule has 7 heteroatoms. The largest absolute Gasteiger partial charge is 0.379 e. The lowest BCUT2D eigenvalue weighted by molar-refractivity contribution is 0.598. The number of hydrogen-bond acceptors (Lipinski definition) is 4. The predicted molar refractivity (Wildman–Crippen MR) is 73.0 cm³/mol. The summed E-state index contributed by atoms with van der Waals surface area (Å²) < 4.78 is 24.3. The van der Waals surface area contributed by atoms with Gasteiger partial charge in [0.05, 0.1) is 23.5 Å². The zero-order chi connectivity index (χ0) is 13.9. The van der Waals surface area contributed by atoms with Crippen LogP contribution in [0.5, 0.6) is 0 Å². The first-order valence-electron chi connectivity index (χ1n) is 5.86. The number of anilines is 1. The van der Waals surface area contributed by atoms with Crippen molar-refractivity contribution in [2.75, 3.05) is 5.32 Å². The first-order chi connectivity index (χ1) is 9.00. The van der Waals surface area contributed by atoms with Crippen molar-refractivity contribution in [2.24, 2.45) is 5.14 Å². The third-order valence-electron chi connectivity index (χ3n) is 2.80. The van der Waals surface area contributed by atoms with Crippen molar-refractivity contribution >= 4 is 15.7 Å². The molecule has 0 aliphatic rings. The van der Waals surface area contributed by atoms with Crippen molar-refractivity contribution in [1.82, 2.24) is 9.55 Å². The number of rotatable bonds is 5. The average Bonchev–Trinajstić information content (AvgIpc) is 2.83. The number of primary sulfonamides is 1. The number of benzene rings is 1. The predicted octanol–water partition coefficient (Wildman–Crippen LogP) is 1.16. The first kappa shape index (κ1) is 13.6. The van der Waals surface area contributed by atoms with E-state index in [-0.39, 0.29) is 4.90 Å². The van der Waals surface area contributed by atoms with Crippen LogP contribution in [0.25, 0.3) is 0 Å². The van der Waals surface area contributed by atoms with E-state index < -0.39 is 10.0 Å². The Morgan fingerprint density at radius 2 is 2.00 bits per heavy atom. The van der Waals surface area contributed by atoms with Gasteiger partial charge in [0, 0.05) is 18.4 Å². The SMILES string of the molecule is CCn1cncc1CNc1ccc(S(N)(=O)=O)cc1. The van der Waals surface area contributed by atoms with Gasteiger partial charge in [-0.2, -0.15) is 0 Å². The fourth-order valence-corrected chi connectivity index (χ4v) is 2.25. The molecule has 0 aliphatic carbocycles. The molecule has 19 heavy (non-hydrogen) atoms. The van der Waals surface area contributed by atoms with Crippen molar-refractivity contribution in [2.45, 2.75) is 24.9 Å². The topological polar surface area (TPSA) is 90.0 Å². The van der Waals surface area contributed by atoms with Gasteiger partial charge in [-0.25, -0.2) is 18.5 Å². The van der Waals surface area contributed by atoms with E-state index in [9.17, 15) is 8.42 Å². The molecule has 0 radical (unpaired) electrons. The molecule has 0 amide bonds. The van der Waals surface area contributed by atoms with Gasteiger partial charge in [0.2, 0.25) is 10.0 Å². The summed E-state index contributed by atoms with van der Waals surface area (Å²) in [6.45, 7) is 3.54. The van der Waals surface area contributed by atoms with E-state index in [0.29, 0.717) is 6.54 Å². The van der Waals surface area contributed by atoms with Crippen LogP contribution in [0, 0.1) is 0 Å². The number of aromatic nitrogens is 2. The van der Waals surface area contributed by atoms with Crippen molar-refractivity contribution in [3.05, 3.63) is 42.5 Å². The third-order valence-corrected chi connectivity index (χ3v) is 3.72. The van der Waals surface area contributed by atoms with Crippen LogP contribution in [0.4, 0.5) is 5.69 Å². The molecule has 1 heterocycles. The van der Waals surface area contributed by atoms with Crippen LogP contribution in [0.1, 0.15) is 12.6 Å². The summed E-state index contributed by atoms with van der Waals surface area (Å²) in [6.07, 6.45) is 3.58. The maximum atomic E-state index is 11.1. The molecular formula is C12H16N4O2S. The van der Waals surface area contributed by atoms with E-state index in [1.807, 2.05) is 11.5 Å². The molecule has 0 aliphatic heterocycles. The summed E-state index contributed by atoms with van der Waals surface area (Å²) >= 11 is 0. The number of nitrogens with zero attached hydrogens (tertiary/aromatic N) is 2. The highest BCUT2D eigenvalue weighted by atomic mass is 32.2. The molecule has 2 rings (SSSR count). The number of sulfonamides is 1. The summed E-state index contributed by atoms with van der Waals surface area (Å²) in [5, 5.41) is 8.24. The molecule has 3 N–H and O–H groups in total. The van der Waals surface area contributed by atoms with Gasteiger partial charge in [0.25, 0.3) is 0 Å². The van der Waals surface area contributed by atoms with E-state index in [1.54, 1.807) is 24.7 Å². The molecule has 0 atom stereocenters. The Labute approximate surface area is 112 Å². The van der Waals surface area contributed by atoms with Gasteiger partial charge >= 0.3 is 0 Å². The molecule has 0 unspecified atom stereocenters. The Morgan fingerprint density at radius 3 is 2.58 bits per heavy atom. The van der Waals surface area contributed by atoms with Gasteiger partial charge in [-0.1, -0.05) is 0 Å². The number of hydrogen-bond donors (Lipinski definition) is 2. The normalized spacial score (nSPS) is 11.5. The van der Waals surface area contributed by atoms with E-state index in [0.717, 1.165) is 17.9 Å². The minimum atomic E-state index is -3.63. The van der Waals surface area contributed by atoms with Gasteiger partial charge in [-0.3, -0.25) is 0 Å². The zero-order valence-corrected chi connectivity index (χ0v) is 11.4. The number of nitrogens with one attached hydrogen (secondary N) is 1. The van der Waals surface area contributed by atoms with Gasteiger partial charge in [-0.15, -0.1) is 0 Å². The number of aryl methyl sites for hydroxylation is 1. The third kappa shape index (κ3) is 3.33. The van der Waals surface area contributed by atoms with Crippen LogP contribution in [0.15, 0.2) is 41.7 Å². The molecule has 0 bridgehead atoms. The fraction of sp³-hybridized carbons (Fsp3) is 0.250. The van der Waals surface area contributed by atoms with Crippen molar-refractivity contribution in [3.8, 4) is 0 Å². The van der Waals surface area contributed by atoms with Crippen molar-refractivity contribution < 1.29 is 8.42 Å². The summed E-state index contributed by atoms with van der Waals surface area (Å²) in [7, 11) is -3.63. The van der Waals surface area contributed by atoms with E-state index in [4.69, 9.17) is 5.14 Å². The molecule has 6 nitrogen and oxygen atoms in total. The van der Waals surface area contributed by atoms with Crippen molar-refractivity contribution in [1.29, 1.82) is 0 Å². The van der Waals surface area contributed by atoms with Crippen LogP contribution < -0.4 is 10.5 Å². The van der Waals surface area contributed by atoms with Crippen LogP contribution in [0.3, 0.4) is 0 Å². The van der Waals surface area contributed by atoms with Gasteiger partial charge < -0.3 is 9.88 Å². The first-order valence-corrected chi connectivity index (χ1v) is 7.41. The summed E-state index contributed by atoms with van der Waals surface area (Å²) in [5.74, 6) is 0. The second-order valence-electron chi connectivity index (χ2n) is 4.09. The highest BCUT2D eigenvalue weighted by Crippen LogP contribution is 2.13. The monoisotopic (exact) mass is 280 g/mol. The lowest BCUT2D eigenvalue weighted by Crippen LogP contribution is -2.12. The Balaban J connectivity index is 2.05. The summed E-state index contributed by atoms with van der Waals surface area (Å²) in [5.41, 5.74) is 1.90. The average molecular weight is 280 g/mol. The minimum absolute atomic E-state index is 0.108. The fourth-order valence-electron chi connectivity index (χ4n) is 1.74. The molecule has 2 aromatic rings. The molecule has 0 fully saturated rings. The Hall–Kier alpha value is -1.86. The summed E-state index contributed by atoms with van der Waals surface area (Å²) in [4.78, 5) is 4.19. The van der Waals surface area contributed by atoms with E-state index >= 15 is 0 Å². The molecule has 1 aromatic heterocycles. The highest BCUT2D eigenvalue weighted by molar-refractivity contribution is 7.89. The zero-order valence-electron chi connectivity index (χ0n) is 10.6. The molecular weight excluding hydrogens is 264 g/mol. The van der Waals surface area contributed by atoms with Crippen molar-refractivity contribution in [3.63, 3.8) is 0 Å². The molecule has 0 spiro atoms. The lowest BCUT2D eigenvalue weighted by Gasteiger charge is -2.08. The molecule has 1 aromatic carbocycles. The molecule has 0 saturated carbocycles. The van der Waals surface area contributed by atoms with Crippen LogP contribution >= 0.6 is 0 Å². The van der Waals surface area contributed by atoms with E-state index in [1.165, 1.54) is 12.1 Å². The van der Waals surface area contributed by atoms with Gasteiger partial charge in [0.1, 0.15) is 0 Å². The van der Waals surface area contributed by atoms with Crippen LogP contribution in [-0.4, -0.2) is 18.0 Å². The Morgan fingerprint density at radius 1 is 1.32 bits per heavy atom. The summed E-state index contributed by atoms with van der Waals surface area (Å²) in [6, 6.07) is 6.34. The maximum Gasteiger partial charge on any atom is 0.238 e. The quantitative estimate of drug-likeness (QED) is 0.860. The van der Waals surface area contributed by atoms with Crippen LogP contribution in [0.2, 0.25) is 0 Å². The second kappa shape index (κ2) is 5.41. The Kier molecular flexibility index (Phi) is 3.87. The molecule has 102 valence electrons. The van der Waals surface area contributed by atoms with Gasteiger partial charge in [0.15, 0.2) is 0 Å². The maximum absolute atomic E-state index is 11.1. The van der Waals surface area contributed by atoms with Crippen LogP contribution in [-0.2, 0) is 23.1 Å². The highest BCUT2D eigenvalue weighted by Gasteiger charge is 2.06. The van der Waals surface area contributed by atoms with E-state index in [2.05, 4.69) is 10.3 Å². The lowest BCUT2D eigenvalue weighted by atomic mass is 10.3. The number of imidazole rings is 1. The smallest absolute Gasteiger partial charge is 0.238 e. The minimum Gasteiger partial charge on any atom is -0.379 e. The number of nitrogens with two attached hydrogens (primary N) is 1. The standard InChI is InChI=1S/C12H16N4O2S/c1-2-16-9-14-7-11(16)8-15-10-3-5-12(6-4-10)19(13,17)18/h3-7,9,15H,2,8H2,1H3,(H2,13,17,18). The molecule has 0 saturated heterocycles.